The highest BCUT2D eigenvalue weighted by Gasteiger charge is 2.25. The quantitative estimate of drug-likeness (QED) is 0.639. The Bertz CT molecular complexity index is 1330. The predicted molar refractivity (Wildman–Crippen MR) is 126 cm³/mol. The number of amides is 1. The zero-order valence-corrected chi connectivity index (χ0v) is 18.8. The molecule has 1 amide bonds. The molecular formula is C25H26FN5O3. The summed E-state index contributed by atoms with van der Waals surface area (Å²) in [5.74, 6) is -0.0925. The van der Waals surface area contributed by atoms with Crippen molar-refractivity contribution in [2.75, 3.05) is 31.1 Å². The molecule has 1 aliphatic heterocycles. The minimum atomic E-state index is -0.586. The Morgan fingerprint density at radius 1 is 1.03 bits per heavy atom. The molecule has 176 valence electrons. The van der Waals surface area contributed by atoms with Gasteiger partial charge in [0.05, 0.1) is 12.1 Å². The van der Waals surface area contributed by atoms with Crippen molar-refractivity contribution in [1.29, 1.82) is 0 Å². The van der Waals surface area contributed by atoms with Crippen molar-refractivity contribution < 1.29 is 9.18 Å². The van der Waals surface area contributed by atoms with Crippen LogP contribution in [0.4, 0.5) is 10.2 Å². The fourth-order valence-corrected chi connectivity index (χ4v) is 4.83. The van der Waals surface area contributed by atoms with E-state index in [0.29, 0.717) is 50.1 Å². The third kappa shape index (κ3) is 4.25. The maximum atomic E-state index is 14.7. The molecule has 1 aliphatic carbocycles. The number of carbonyl (C=O) groups excluding carboxylic acids is 1. The lowest BCUT2D eigenvalue weighted by Crippen LogP contribution is -2.49. The maximum Gasteiger partial charge on any atom is 0.328 e. The summed E-state index contributed by atoms with van der Waals surface area (Å²) in [7, 11) is 0. The van der Waals surface area contributed by atoms with E-state index in [-0.39, 0.29) is 23.6 Å². The van der Waals surface area contributed by atoms with E-state index >= 15 is 0 Å². The number of aromatic nitrogens is 3. The molecule has 0 atom stereocenters. The summed E-state index contributed by atoms with van der Waals surface area (Å²) in [5.41, 5.74) is 1.22. The van der Waals surface area contributed by atoms with Crippen molar-refractivity contribution >= 4 is 11.7 Å². The summed E-state index contributed by atoms with van der Waals surface area (Å²) < 4.78 is 16.2. The maximum absolute atomic E-state index is 14.7. The summed E-state index contributed by atoms with van der Waals surface area (Å²) in [6.45, 7) is 2.33. The largest absolute Gasteiger partial charge is 0.353 e. The van der Waals surface area contributed by atoms with E-state index in [1.807, 2.05) is 18.2 Å². The number of nitrogens with one attached hydrogen (secondary N) is 1. The minimum Gasteiger partial charge on any atom is -0.353 e. The van der Waals surface area contributed by atoms with Crippen molar-refractivity contribution in [1.82, 2.24) is 19.4 Å². The van der Waals surface area contributed by atoms with Gasteiger partial charge in [-0.3, -0.25) is 19.1 Å². The van der Waals surface area contributed by atoms with Gasteiger partial charge < -0.3 is 9.80 Å². The number of pyridine rings is 1. The Morgan fingerprint density at radius 2 is 1.82 bits per heavy atom. The van der Waals surface area contributed by atoms with Crippen molar-refractivity contribution in [3.05, 3.63) is 91.6 Å². The molecule has 0 radical (unpaired) electrons. The van der Waals surface area contributed by atoms with Crippen molar-refractivity contribution in [3.63, 3.8) is 0 Å². The van der Waals surface area contributed by atoms with E-state index < -0.39 is 11.5 Å². The summed E-state index contributed by atoms with van der Waals surface area (Å²) in [4.78, 5) is 48.4. The second-order valence-electron chi connectivity index (χ2n) is 8.76. The molecule has 34 heavy (non-hydrogen) atoms. The fourth-order valence-electron chi connectivity index (χ4n) is 4.83. The lowest BCUT2D eigenvalue weighted by atomic mass is 9.96. The van der Waals surface area contributed by atoms with Crippen molar-refractivity contribution in [2.45, 2.75) is 32.2 Å². The molecule has 5 rings (SSSR count). The van der Waals surface area contributed by atoms with Crippen LogP contribution >= 0.6 is 0 Å². The summed E-state index contributed by atoms with van der Waals surface area (Å²) in [6.07, 6.45) is 4.85. The number of hydrogen-bond donors (Lipinski definition) is 1. The van der Waals surface area contributed by atoms with Crippen LogP contribution in [0.1, 0.15) is 40.0 Å². The number of nitrogens with zero attached hydrogens (tertiary/aromatic N) is 4. The van der Waals surface area contributed by atoms with Gasteiger partial charge in [-0.15, -0.1) is 0 Å². The Balaban J connectivity index is 1.35. The zero-order valence-electron chi connectivity index (χ0n) is 18.8. The van der Waals surface area contributed by atoms with Gasteiger partial charge >= 0.3 is 5.69 Å². The number of fused-ring (bicyclic) bond motifs is 1. The van der Waals surface area contributed by atoms with Crippen LogP contribution in [0.2, 0.25) is 0 Å². The molecule has 0 unspecified atom stereocenters. The molecule has 3 aromatic rings. The topological polar surface area (TPSA) is 91.3 Å². The number of rotatable bonds is 4. The number of piperazine rings is 1. The van der Waals surface area contributed by atoms with Crippen LogP contribution in [0.5, 0.6) is 0 Å². The van der Waals surface area contributed by atoms with Crippen molar-refractivity contribution in [2.24, 2.45) is 0 Å². The van der Waals surface area contributed by atoms with Crippen molar-refractivity contribution in [3.8, 4) is 0 Å². The molecule has 1 fully saturated rings. The second kappa shape index (κ2) is 9.24. The smallest absolute Gasteiger partial charge is 0.328 e. The highest BCUT2D eigenvalue weighted by molar-refractivity contribution is 5.94. The van der Waals surface area contributed by atoms with Gasteiger partial charge in [-0.25, -0.2) is 14.2 Å². The summed E-state index contributed by atoms with van der Waals surface area (Å²) in [5, 5.41) is 0. The molecule has 9 heteroatoms. The monoisotopic (exact) mass is 463 g/mol. The first kappa shape index (κ1) is 22.1. The first-order chi connectivity index (χ1) is 16.5. The molecule has 3 heterocycles. The molecule has 2 aromatic heterocycles. The number of hydrogen-bond acceptors (Lipinski definition) is 5. The number of aromatic amines is 1. The third-order valence-electron chi connectivity index (χ3n) is 6.65. The number of anilines is 1. The van der Waals surface area contributed by atoms with Gasteiger partial charge in [-0.2, -0.15) is 0 Å². The van der Waals surface area contributed by atoms with Gasteiger partial charge in [-0.1, -0.05) is 12.1 Å². The number of benzene rings is 1. The molecular weight excluding hydrogens is 437 g/mol. The Hall–Kier alpha value is -3.75. The summed E-state index contributed by atoms with van der Waals surface area (Å²) in [6, 6.07) is 10.1. The molecule has 1 aromatic carbocycles. The molecule has 0 spiro atoms. The van der Waals surface area contributed by atoms with Crippen LogP contribution in [-0.4, -0.2) is 51.5 Å². The van der Waals surface area contributed by atoms with Gasteiger partial charge in [0.25, 0.3) is 11.5 Å². The highest BCUT2D eigenvalue weighted by Crippen LogP contribution is 2.20. The standard InChI is InChI=1S/C25H26FN5O3/c26-20-9-8-17(16-31-21-6-2-1-5-18(21)23(32)28-25(31)34)15-19(20)24(33)30-13-11-29(12-14-30)22-7-3-4-10-27-22/h3-4,7-10,15H,1-2,5-6,11-14,16H2,(H,28,32,34). The van der Waals surface area contributed by atoms with Crippen LogP contribution in [0, 0.1) is 5.82 Å². The molecule has 0 saturated carbocycles. The molecule has 8 nitrogen and oxygen atoms in total. The van der Waals surface area contributed by atoms with Gasteiger partial charge in [-0.05, 0) is 55.5 Å². The molecule has 1 saturated heterocycles. The van der Waals surface area contributed by atoms with Gasteiger partial charge in [0.15, 0.2) is 0 Å². The van der Waals surface area contributed by atoms with Crippen LogP contribution in [0.3, 0.4) is 0 Å². The minimum absolute atomic E-state index is 0.00451. The van der Waals surface area contributed by atoms with Gasteiger partial charge in [0.1, 0.15) is 11.6 Å². The van der Waals surface area contributed by atoms with E-state index in [1.54, 1.807) is 21.7 Å². The van der Waals surface area contributed by atoms with E-state index in [0.717, 1.165) is 24.4 Å². The van der Waals surface area contributed by atoms with E-state index in [4.69, 9.17) is 0 Å². The number of halogens is 1. The molecule has 2 aliphatic rings. The molecule has 0 bridgehead atoms. The van der Waals surface area contributed by atoms with Crippen LogP contribution < -0.4 is 16.1 Å². The fraction of sp³-hybridized carbons (Fsp3) is 0.360. The predicted octanol–water partition coefficient (Wildman–Crippen LogP) is 1.96. The Kier molecular flexibility index (Phi) is 6.00. The first-order valence-electron chi connectivity index (χ1n) is 11.6. The van der Waals surface area contributed by atoms with Crippen LogP contribution in [-0.2, 0) is 19.4 Å². The lowest BCUT2D eigenvalue weighted by molar-refractivity contribution is 0.0741. The first-order valence-corrected chi connectivity index (χ1v) is 11.6. The van der Waals surface area contributed by atoms with Gasteiger partial charge in [0.2, 0.25) is 0 Å². The van der Waals surface area contributed by atoms with Gasteiger partial charge in [0, 0.05) is 43.6 Å². The highest BCUT2D eigenvalue weighted by atomic mass is 19.1. The second-order valence-corrected chi connectivity index (χ2v) is 8.76. The lowest BCUT2D eigenvalue weighted by Gasteiger charge is -2.35. The van der Waals surface area contributed by atoms with Crippen LogP contribution in [0.15, 0.2) is 52.2 Å². The number of carbonyl (C=O) groups is 1. The normalized spacial score (nSPS) is 15.8. The Labute approximate surface area is 195 Å². The third-order valence-corrected chi connectivity index (χ3v) is 6.65. The summed E-state index contributed by atoms with van der Waals surface area (Å²) >= 11 is 0. The van der Waals surface area contributed by atoms with E-state index in [2.05, 4.69) is 14.9 Å². The van der Waals surface area contributed by atoms with E-state index in [1.165, 1.54) is 12.1 Å². The Morgan fingerprint density at radius 3 is 2.59 bits per heavy atom. The average molecular weight is 464 g/mol. The van der Waals surface area contributed by atoms with E-state index in [9.17, 15) is 18.8 Å². The number of H-pyrrole nitrogens is 1. The average Bonchev–Trinajstić information content (AvgIpc) is 2.88. The van der Waals surface area contributed by atoms with Crippen LogP contribution in [0.25, 0.3) is 0 Å². The zero-order chi connectivity index (χ0) is 23.7. The molecule has 1 N–H and O–H groups in total. The SMILES string of the molecule is O=C(c1cc(Cn2c3c(c(=O)[nH]c2=O)CCCC3)ccc1F)N1CCN(c2ccccn2)CC1.